The van der Waals surface area contributed by atoms with Crippen molar-refractivity contribution in [3.63, 3.8) is 0 Å². The van der Waals surface area contributed by atoms with Gasteiger partial charge in [0.25, 0.3) is 0 Å². The van der Waals surface area contributed by atoms with Crippen LogP contribution in [0.5, 0.6) is 0 Å². The first-order valence-electron chi connectivity index (χ1n) is 14.6. The number of pyridine rings is 1. The Hall–Kier alpha value is -5.65. The molecule has 206 valence electrons. The number of anilines is 3. The van der Waals surface area contributed by atoms with Crippen LogP contribution in [-0.2, 0) is 0 Å². The Labute approximate surface area is 255 Å². The molecule has 0 aliphatic carbocycles. The highest BCUT2D eigenvalue weighted by atomic mass is 32.1. The third kappa shape index (κ3) is 3.41. The zero-order valence-corrected chi connectivity index (χ0v) is 24.1. The van der Waals surface area contributed by atoms with Crippen molar-refractivity contribution in [2.24, 2.45) is 0 Å². The van der Waals surface area contributed by atoms with Gasteiger partial charge in [0.05, 0.1) is 11.9 Å². The topological polar surface area (TPSA) is 42.4 Å². The molecule has 0 bridgehead atoms. The van der Waals surface area contributed by atoms with Crippen LogP contribution in [-0.4, -0.2) is 4.98 Å². The molecule has 0 fully saturated rings. The van der Waals surface area contributed by atoms with Crippen molar-refractivity contribution >= 4 is 103 Å². The highest BCUT2D eigenvalue weighted by Crippen LogP contribution is 2.44. The number of furan rings is 2. The quantitative estimate of drug-likeness (QED) is 0.208. The van der Waals surface area contributed by atoms with E-state index in [9.17, 15) is 0 Å². The zero-order valence-electron chi connectivity index (χ0n) is 23.3. The maximum absolute atomic E-state index is 6.33. The van der Waals surface area contributed by atoms with Gasteiger partial charge >= 0.3 is 0 Å². The monoisotopic (exact) mass is 582 g/mol. The molecule has 0 unspecified atom stereocenters. The standard InChI is InChI=1S/C39H22N2O2S/c1-2-8-27-23(7-1)13-16-31-33-20-26(22-40-39(33)44-38(27)31)41(24-15-18-36-32(19-24)29-10-4-6-12-35(29)42-36)25-14-17-30-28-9-3-5-11-34(28)43-37(30)21-25/h1-22H. The first-order chi connectivity index (χ1) is 21.8. The Kier molecular flexibility index (Phi) is 4.84. The van der Waals surface area contributed by atoms with Crippen molar-refractivity contribution in [2.45, 2.75) is 0 Å². The Balaban J connectivity index is 1.23. The van der Waals surface area contributed by atoms with E-state index in [1.807, 2.05) is 30.5 Å². The summed E-state index contributed by atoms with van der Waals surface area (Å²) in [6.07, 6.45) is 1.99. The number of thiophene rings is 1. The fourth-order valence-corrected chi connectivity index (χ4v) is 7.81. The number of para-hydroxylation sites is 2. The molecule has 0 radical (unpaired) electrons. The van der Waals surface area contributed by atoms with Gasteiger partial charge in [-0.25, -0.2) is 4.98 Å². The molecule has 6 aromatic carbocycles. The van der Waals surface area contributed by atoms with Crippen LogP contribution >= 0.6 is 11.3 Å². The van der Waals surface area contributed by atoms with Crippen LogP contribution in [0.4, 0.5) is 17.1 Å². The molecule has 5 heteroatoms. The summed E-state index contributed by atoms with van der Waals surface area (Å²) < 4.78 is 13.8. The molecule has 10 rings (SSSR count). The predicted octanol–water partition coefficient (Wildman–Crippen LogP) is 11.9. The van der Waals surface area contributed by atoms with Gasteiger partial charge in [-0.2, -0.15) is 0 Å². The van der Waals surface area contributed by atoms with Gasteiger partial charge in [-0.1, -0.05) is 72.8 Å². The highest BCUT2D eigenvalue weighted by Gasteiger charge is 2.19. The third-order valence-corrected chi connectivity index (χ3v) is 9.87. The normalized spacial score (nSPS) is 12.1. The molecule has 0 amide bonds. The van der Waals surface area contributed by atoms with Crippen molar-refractivity contribution in [1.29, 1.82) is 0 Å². The lowest BCUT2D eigenvalue weighted by Gasteiger charge is -2.25. The lowest BCUT2D eigenvalue weighted by molar-refractivity contribution is 0.668. The lowest BCUT2D eigenvalue weighted by atomic mass is 10.1. The second-order valence-corrected chi connectivity index (χ2v) is 12.2. The Morgan fingerprint density at radius 1 is 0.455 bits per heavy atom. The summed E-state index contributed by atoms with van der Waals surface area (Å²) >= 11 is 1.75. The van der Waals surface area contributed by atoms with Crippen LogP contribution in [0.1, 0.15) is 0 Å². The van der Waals surface area contributed by atoms with E-state index in [4.69, 9.17) is 13.8 Å². The number of aromatic nitrogens is 1. The maximum atomic E-state index is 6.33. The van der Waals surface area contributed by atoms with Gasteiger partial charge in [0.2, 0.25) is 0 Å². The molecular weight excluding hydrogens is 561 g/mol. The SMILES string of the molecule is c1ccc2c(c1)ccc1c3cc(N(c4ccc5c(c4)oc4ccccc45)c4ccc5oc6ccccc6c5c4)cnc3sc21. The number of nitrogens with zero attached hydrogens (tertiary/aromatic N) is 2. The van der Waals surface area contributed by atoms with Crippen molar-refractivity contribution in [3.05, 3.63) is 134 Å². The summed E-state index contributed by atoms with van der Waals surface area (Å²) in [6, 6.07) is 44.6. The molecule has 4 heterocycles. The van der Waals surface area contributed by atoms with E-state index in [2.05, 4.69) is 108 Å². The number of hydrogen-bond donors (Lipinski definition) is 0. The van der Waals surface area contributed by atoms with E-state index < -0.39 is 0 Å². The van der Waals surface area contributed by atoms with E-state index in [0.717, 1.165) is 71.2 Å². The summed E-state index contributed by atoms with van der Waals surface area (Å²) in [4.78, 5) is 8.33. The Morgan fingerprint density at radius 3 is 1.93 bits per heavy atom. The van der Waals surface area contributed by atoms with Crippen LogP contribution in [0.2, 0.25) is 0 Å². The van der Waals surface area contributed by atoms with Crippen LogP contribution in [0.25, 0.3) is 75.0 Å². The van der Waals surface area contributed by atoms with Crippen LogP contribution in [0, 0.1) is 0 Å². The van der Waals surface area contributed by atoms with Crippen molar-refractivity contribution < 1.29 is 8.83 Å². The lowest BCUT2D eigenvalue weighted by Crippen LogP contribution is -2.10. The molecule has 0 saturated carbocycles. The van der Waals surface area contributed by atoms with Crippen molar-refractivity contribution in [2.75, 3.05) is 4.90 Å². The van der Waals surface area contributed by atoms with E-state index in [0.29, 0.717) is 0 Å². The Bertz CT molecular complexity index is 2750. The molecule has 0 N–H and O–H groups in total. The highest BCUT2D eigenvalue weighted by molar-refractivity contribution is 7.26. The minimum atomic E-state index is 0.852. The van der Waals surface area contributed by atoms with Gasteiger partial charge in [0, 0.05) is 54.5 Å². The molecule has 0 spiro atoms. The van der Waals surface area contributed by atoms with Crippen LogP contribution in [0.3, 0.4) is 0 Å². The van der Waals surface area contributed by atoms with E-state index >= 15 is 0 Å². The average Bonchev–Trinajstić information content (AvgIpc) is 3.75. The number of hydrogen-bond acceptors (Lipinski definition) is 5. The molecule has 4 nitrogen and oxygen atoms in total. The van der Waals surface area contributed by atoms with Crippen molar-refractivity contribution in [1.82, 2.24) is 4.98 Å². The molecular formula is C39H22N2O2S. The smallest absolute Gasteiger partial charge is 0.137 e. The van der Waals surface area contributed by atoms with Gasteiger partial charge in [0.1, 0.15) is 27.2 Å². The molecule has 0 aliphatic rings. The van der Waals surface area contributed by atoms with Gasteiger partial charge in [0.15, 0.2) is 0 Å². The summed E-state index contributed by atoms with van der Waals surface area (Å²) in [6.45, 7) is 0. The molecule has 0 atom stereocenters. The Morgan fingerprint density at radius 2 is 1.07 bits per heavy atom. The van der Waals surface area contributed by atoms with E-state index in [1.165, 1.54) is 20.9 Å². The van der Waals surface area contributed by atoms with E-state index in [-0.39, 0.29) is 0 Å². The minimum absolute atomic E-state index is 0.852. The summed E-state index contributed by atoms with van der Waals surface area (Å²) in [5, 5.41) is 9.28. The molecule has 10 aromatic rings. The van der Waals surface area contributed by atoms with Gasteiger partial charge in [-0.05, 0) is 59.3 Å². The largest absolute Gasteiger partial charge is 0.456 e. The average molecular weight is 583 g/mol. The maximum Gasteiger partial charge on any atom is 0.137 e. The molecule has 0 aliphatic heterocycles. The second-order valence-electron chi connectivity index (χ2n) is 11.2. The number of benzene rings is 6. The van der Waals surface area contributed by atoms with E-state index in [1.54, 1.807) is 11.3 Å². The van der Waals surface area contributed by atoms with Crippen LogP contribution < -0.4 is 4.90 Å². The third-order valence-electron chi connectivity index (χ3n) is 8.70. The number of rotatable bonds is 3. The minimum Gasteiger partial charge on any atom is -0.456 e. The fourth-order valence-electron chi connectivity index (χ4n) is 6.65. The molecule has 4 aromatic heterocycles. The van der Waals surface area contributed by atoms with Gasteiger partial charge in [-0.15, -0.1) is 11.3 Å². The fraction of sp³-hybridized carbons (Fsp3) is 0. The van der Waals surface area contributed by atoms with Gasteiger partial charge in [-0.3, -0.25) is 0 Å². The summed E-state index contributed by atoms with van der Waals surface area (Å²) in [7, 11) is 0. The number of fused-ring (bicyclic) bond motifs is 11. The van der Waals surface area contributed by atoms with Crippen LogP contribution in [0.15, 0.2) is 142 Å². The first kappa shape index (κ1) is 23.9. The molecule has 44 heavy (non-hydrogen) atoms. The summed E-state index contributed by atoms with van der Waals surface area (Å²) in [5.74, 6) is 0. The van der Waals surface area contributed by atoms with Crippen molar-refractivity contribution in [3.8, 4) is 0 Å². The second kappa shape index (κ2) is 8.93. The first-order valence-corrected chi connectivity index (χ1v) is 15.4. The summed E-state index contributed by atoms with van der Waals surface area (Å²) in [5.41, 5.74) is 6.48. The van der Waals surface area contributed by atoms with Gasteiger partial charge < -0.3 is 13.7 Å². The zero-order chi connectivity index (χ0) is 28.8. The molecule has 0 saturated heterocycles. The predicted molar refractivity (Wildman–Crippen MR) is 184 cm³/mol.